The molecule has 0 aliphatic carbocycles. The van der Waals surface area contributed by atoms with Gasteiger partial charge in [-0.1, -0.05) is 12.1 Å². The number of carboxylic acid groups (broad SMARTS) is 1. The van der Waals surface area contributed by atoms with Crippen LogP contribution in [0.2, 0.25) is 0 Å². The van der Waals surface area contributed by atoms with Crippen LogP contribution in [0.5, 0.6) is 11.5 Å². The molecule has 0 atom stereocenters. The average Bonchev–Trinajstić information content (AvgIpc) is 2.96. The van der Waals surface area contributed by atoms with E-state index in [1.54, 1.807) is 36.6 Å². The molecule has 2 rings (SSSR count). The number of carbonyl (C=O) groups is 1. The molecule has 5 heteroatoms. The van der Waals surface area contributed by atoms with Gasteiger partial charge < -0.3 is 14.6 Å². The lowest BCUT2D eigenvalue weighted by Gasteiger charge is -2.12. The van der Waals surface area contributed by atoms with Crippen LogP contribution >= 0.6 is 11.3 Å². The Morgan fingerprint density at radius 1 is 1.40 bits per heavy atom. The fourth-order valence-electron chi connectivity index (χ4n) is 1.67. The number of benzene rings is 1. The van der Waals surface area contributed by atoms with Crippen molar-refractivity contribution in [1.29, 1.82) is 0 Å². The van der Waals surface area contributed by atoms with Gasteiger partial charge in [0, 0.05) is 11.6 Å². The Labute approximate surface area is 120 Å². The standard InChI is InChI=1S/C15H14O4S/c1-18-13-4-2-3-12(5-6-14(16)17)15(13)19-9-11-7-8-20-10-11/h2-8,10H,9H2,1H3,(H,16,17)/b6-5+. The molecule has 0 fully saturated rings. The highest BCUT2D eigenvalue weighted by Gasteiger charge is 2.09. The van der Waals surface area contributed by atoms with Crippen molar-refractivity contribution in [2.24, 2.45) is 0 Å². The summed E-state index contributed by atoms with van der Waals surface area (Å²) in [5.41, 5.74) is 1.73. The third-order valence-corrected chi connectivity index (χ3v) is 3.33. The summed E-state index contributed by atoms with van der Waals surface area (Å²) < 4.78 is 11.0. The molecule has 0 saturated carbocycles. The second-order valence-corrected chi connectivity index (χ2v) is 4.75. The van der Waals surface area contributed by atoms with Crippen molar-refractivity contribution in [3.63, 3.8) is 0 Å². The highest BCUT2D eigenvalue weighted by Crippen LogP contribution is 2.32. The van der Waals surface area contributed by atoms with Gasteiger partial charge in [-0.25, -0.2) is 4.79 Å². The number of carboxylic acids is 1. The van der Waals surface area contributed by atoms with Gasteiger partial charge in [0.05, 0.1) is 7.11 Å². The van der Waals surface area contributed by atoms with Gasteiger partial charge in [-0.2, -0.15) is 11.3 Å². The van der Waals surface area contributed by atoms with Crippen LogP contribution in [0.15, 0.2) is 41.1 Å². The average molecular weight is 290 g/mol. The number of para-hydroxylation sites is 1. The van der Waals surface area contributed by atoms with Gasteiger partial charge in [0.15, 0.2) is 11.5 Å². The van der Waals surface area contributed by atoms with E-state index in [0.29, 0.717) is 23.7 Å². The normalized spacial score (nSPS) is 10.7. The van der Waals surface area contributed by atoms with Gasteiger partial charge >= 0.3 is 5.97 Å². The van der Waals surface area contributed by atoms with E-state index in [2.05, 4.69) is 0 Å². The van der Waals surface area contributed by atoms with Crippen LogP contribution in [-0.4, -0.2) is 18.2 Å². The fraction of sp³-hybridized carbons (Fsp3) is 0.133. The summed E-state index contributed by atoms with van der Waals surface area (Å²) in [6, 6.07) is 7.33. The number of hydrogen-bond donors (Lipinski definition) is 1. The van der Waals surface area contributed by atoms with Crippen molar-refractivity contribution in [2.75, 3.05) is 7.11 Å². The number of methoxy groups -OCH3 is 1. The van der Waals surface area contributed by atoms with E-state index in [0.717, 1.165) is 11.6 Å². The fourth-order valence-corrected chi connectivity index (χ4v) is 2.32. The molecule has 2 aromatic rings. The SMILES string of the molecule is COc1cccc(/C=C/C(=O)O)c1OCc1ccsc1. The van der Waals surface area contributed by atoms with E-state index >= 15 is 0 Å². The molecule has 4 nitrogen and oxygen atoms in total. The molecule has 0 radical (unpaired) electrons. The third kappa shape index (κ3) is 3.61. The van der Waals surface area contributed by atoms with Gasteiger partial charge in [0.2, 0.25) is 0 Å². The first-order valence-corrected chi connectivity index (χ1v) is 6.87. The van der Waals surface area contributed by atoms with Crippen molar-refractivity contribution in [3.05, 3.63) is 52.2 Å². The molecule has 1 N–H and O–H groups in total. The third-order valence-electron chi connectivity index (χ3n) is 2.60. The van der Waals surface area contributed by atoms with Gasteiger partial charge in [-0.05, 0) is 34.5 Å². The van der Waals surface area contributed by atoms with Crippen LogP contribution in [0.3, 0.4) is 0 Å². The first-order chi connectivity index (χ1) is 9.70. The Morgan fingerprint density at radius 2 is 2.25 bits per heavy atom. The van der Waals surface area contributed by atoms with Crippen LogP contribution in [0.4, 0.5) is 0 Å². The van der Waals surface area contributed by atoms with Crippen LogP contribution in [0.1, 0.15) is 11.1 Å². The summed E-state index contributed by atoms with van der Waals surface area (Å²) in [6.07, 6.45) is 2.57. The van der Waals surface area contributed by atoms with E-state index in [-0.39, 0.29) is 0 Å². The predicted molar refractivity (Wildman–Crippen MR) is 78.3 cm³/mol. The number of ether oxygens (including phenoxy) is 2. The molecular formula is C15H14O4S. The van der Waals surface area contributed by atoms with Gasteiger partial charge in [0.1, 0.15) is 6.61 Å². The molecule has 0 aliphatic heterocycles. The van der Waals surface area contributed by atoms with E-state index < -0.39 is 5.97 Å². The first kappa shape index (κ1) is 14.1. The molecule has 0 unspecified atom stereocenters. The summed E-state index contributed by atoms with van der Waals surface area (Å²) in [5, 5.41) is 12.7. The second kappa shape index (κ2) is 6.77. The zero-order chi connectivity index (χ0) is 14.4. The largest absolute Gasteiger partial charge is 0.493 e. The Hall–Kier alpha value is -2.27. The Morgan fingerprint density at radius 3 is 2.90 bits per heavy atom. The summed E-state index contributed by atoms with van der Waals surface area (Å²) >= 11 is 1.60. The van der Waals surface area contributed by atoms with Crippen LogP contribution < -0.4 is 9.47 Å². The van der Waals surface area contributed by atoms with Crippen LogP contribution in [0, 0.1) is 0 Å². The van der Waals surface area contributed by atoms with Crippen LogP contribution in [-0.2, 0) is 11.4 Å². The van der Waals surface area contributed by atoms with Gasteiger partial charge in [-0.3, -0.25) is 0 Å². The quantitative estimate of drug-likeness (QED) is 0.828. The van der Waals surface area contributed by atoms with E-state index in [4.69, 9.17) is 14.6 Å². The zero-order valence-corrected chi connectivity index (χ0v) is 11.7. The van der Waals surface area contributed by atoms with E-state index in [1.165, 1.54) is 6.08 Å². The predicted octanol–water partition coefficient (Wildman–Crippen LogP) is 3.43. The summed E-state index contributed by atoms with van der Waals surface area (Å²) in [5.74, 6) is 0.114. The lowest BCUT2D eigenvalue weighted by molar-refractivity contribution is -0.131. The van der Waals surface area contributed by atoms with Crippen molar-refractivity contribution >= 4 is 23.4 Å². The molecule has 0 spiro atoms. The summed E-state index contributed by atoms with van der Waals surface area (Å²) in [4.78, 5) is 10.6. The number of rotatable bonds is 6. The minimum Gasteiger partial charge on any atom is -0.493 e. The molecule has 0 saturated heterocycles. The molecule has 1 heterocycles. The Kier molecular flexibility index (Phi) is 4.79. The molecular weight excluding hydrogens is 276 g/mol. The lowest BCUT2D eigenvalue weighted by Crippen LogP contribution is -1.99. The monoisotopic (exact) mass is 290 g/mol. The Bertz CT molecular complexity index is 602. The Balaban J connectivity index is 2.25. The van der Waals surface area contributed by atoms with Crippen LogP contribution in [0.25, 0.3) is 6.08 Å². The van der Waals surface area contributed by atoms with Crippen molar-refractivity contribution in [3.8, 4) is 11.5 Å². The molecule has 104 valence electrons. The van der Waals surface area contributed by atoms with Crippen molar-refractivity contribution in [1.82, 2.24) is 0 Å². The van der Waals surface area contributed by atoms with E-state index in [9.17, 15) is 4.79 Å². The lowest BCUT2D eigenvalue weighted by atomic mass is 10.1. The molecule has 20 heavy (non-hydrogen) atoms. The molecule has 1 aromatic carbocycles. The molecule has 0 bridgehead atoms. The second-order valence-electron chi connectivity index (χ2n) is 3.97. The smallest absolute Gasteiger partial charge is 0.328 e. The molecule has 0 amide bonds. The van der Waals surface area contributed by atoms with Gasteiger partial charge in [0.25, 0.3) is 0 Å². The minimum atomic E-state index is -1.00. The summed E-state index contributed by atoms with van der Waals surface area (Å²) in [7, 11) is 1.55. The first-order valence-electron chi connectivity index (χ1n) is 5.92. The van der Waals surface area contributed by atoms with Crippen molar-refractivity contribution in [2.45, 2.75) is 6.61 Å². The maximum Gasteiger partial charge on any atom is 0.328 e. The number of hydrogen-bond acceptors (Lipinski definition) is 4. The highest BCUT2D eigenvalue weighted by atomic mass is 32.1. The molecule has 1 aromatic heterocycles. The molecule has 0 aliphatic rings. The maximum absolute atomic E-state index is 10.6. The van der Waals surface area contributed by atoms with Crippen molar-refractivity contribution < 1.29 is 19.4 Å². The zero-order valence-electron chi connectivity index (χ0n) is 10.9. The minimum absolute atomic E-state index is 0.414. The van der Waals surface area contributed by atoms with E-state index in [1.807, 2.05) is 16.8 Å². The number of aliphatic carboxylic acids is 1. The highest BCUT2D eigenvalue weighted by molar-refractivity contribution is 7.07. The summed E-state index contributed by atoms with van der Waals surface area (Å²) in [6.45, 7) is 0.414. The number of thiophene rings is 1. The van der Waals surface area contributed by atoms with Gasteiger partial charge in [-0.15, -0.1) is 0 Å². The topological polar surface area (TPSA) is 55.8 Å². The maximum atomic E-state index is 10.6.